The second-order valence-electron chi connectivity index (χ2n) is 6.36. The third-order valence-corrected chi connectivity index (χ3v) is 4.43. The molecule has 0 aliphatic heterocycles. The third kappa shape index (κ3) is 3.73. The van der Waals surface area contributed by atoms with E-state index in [-0.39, 0.29) is 0 Å². The van der Waals surface area contributed by atoms with Gasteiger partial charge in [-0.2, -0.15) is 0 Å². The van der Waals surface area contributed by atoms with E-state index in [1.807, 2.05) is 14.0 Å². The molecule has 0 N–H and O–H groups in total. The predicted molar refractivity (Wildman–Crippen MR) is 94.4 cm³/mol. The Labute approximate surface area is 133 Å². The van der Waals surface area contributed by atoms with Crippen LogP contribution in [-0.2, 0) is 0 Å². The lowest BCUT2D eigenvalue weighted by atomic mass is 9.86. The maximum atomic E-state index is 13.5. The summed E-state index contributed by atoms with van der Waals surface area (Å²) in [6.07, 6.45) is 3.45. The third-order valence-electron chi connectivity index (χ3n) is 4.43. The minimum absolute atomic E-state index is 0.547. The highest BCUT2D eigenvalue weighted by Crippen LogP contribution is 2.30. The number of hydrogen-bond donors (Lipinski definition) is 0. The quantitative estimate of drug-likeness (QED) is 0.643. The van der Waals surface area contributed by atoms with E-state index in [9.17, 15) is 4.39 Å². The van der Waals surface area contributed by atoms with Gasteiger partial charge in [0.2, 0.25) is 0 Å². The van der Waals surface area contributed by atoms with Crippen molar-refractivity contribution in [3.8, 4) is 0 Å². The van der Waals surface area contributed by atoms with Crippen molar-refractivity contribution in [2.24, 2.45) is 4.99 Å². The summed E-state index contributed by atoms with van der Waals surface area (Å²) in [5.41, 5.74) is 8.33. The molecule has 0 heterocycles. The Bertz CT molecular complexity index is 650. The van der Waals surface area contributed by atoms with E-state index in [1.165, 1.54) is 22.3 Å². The molecule has 2 rings (SSSR count). The number of hydrogen-bond acceptors (Lipinski definition) is 1. The van der Waals surface area contributed by atoms with Crippen molar-refractivity contribution in [3.05, 3.63) is 51.6 Å². The van der Waals surface area contributed by atoms with Crippen LogP contribution in [0.3, 0.4) is 0 Å². The summed E-state index contributed by atoms with van der Waals surface area (Å²) in [5, 5.41) is 0. The van der Waals surface area contributed by atoms with Crippen LogP contribution in [0.15, 0.2) is 39.9 Å². The van der Waals surface area contributed by atoms with Gasteiger partial charge in [-0.3, -0.25) is 4.99 Å². The van der Waals surface area contributed by atoms with Crippen LogP contribution in [0.2, 0.25) is 0 Å². The topological polar surface area (TPSA) is 12.4 Å². The zero-order valence-corrected chi connectivity index (χ0v) is 14.3. The fraction of sp³-hybridized carbons (Fsp3) is 0.450. The molecule has 1 nitrogen and oxygen atoms in total. The van der Waals surface area contributed by atoms with Crippen LogP contribution < -0.4 is 0 Å². The highest BCUT2D eigenvalue weighted by molar-refractivity contribution is 6.14. The van der Waals surface area contributed by atoms with Crippen LogP contribution in [-0.4, -0.2) is 18.9 Å². The van der Waals surface area contributed by atoms with Crippen LogP contribution >= 0.6 is 0 Å². The average Bonchev–Trinajstić information content (AvgIpc) is 2.45. The molecule has 1 aromatic rings. The van der Waals surface area contributed by atoms with Gasteiger partial charge in [0.15, 0.2) is 0 Å². The average molecular weight is 299 g/mol. The van der Waals surface area contributed by atoms with Crippen molar-refractivity contribution in [2.45, 2.75) is 53.1 Å². The standard InChI is InChI=1S/C20H26FN/c1-13-6-7-17(14(2)10-13)11-16(4)20(22-5)19-9-8-18(21)12-15(19)3/h6-7,10-11,18H,8-9,12H2,1-5H3/b16-11+,22-20-. The Kier molecular flexibility index (Phi) is 5.33. The van der Waals surface area contributed by atoms with Gasteiger partial charge in [0.25, 0.3) is 0 Å². The number of benzene rings is 1. The molecule has 1 unspecified atom stereocenters. The first-order valence-corrected chi connectivity index (χ1v) is 7.98. The van der Waals surface area contributed by atoms with Crippen molar-refractivity contribution in [2.75, 3.05) is 7.05 Å². The second-order valence-corrected chi connectivity index (χ2v) is 6.36. The molecule has 1 aromatic carbocycles. The Hall–Kier alpha value is -1.70. The van der Waals surface area contributed by atoms with Gasteiger partial charge in [-0.15, -0.1) is 0 Å². The summed E-state index contributed by atoms with van der Waals surface area (Å²) >= 11 is 0. The maximum Gasteiger partial charge on any atom is 0.104 e. The normalized spacial score (nSPS) is 20.5. The molecular weight excluding hydrogens is 273 g/mol. The Morgan fingerprint density at radius 1 is 1.27 bits per heavy atom. The van der Waals surface area contributed by atoms with Gasteiger partial charge in [-0.25, -0.2) is 4.39 Å². The monoisotopic (exact) mass is 299 g/mol. The Morgan fingerprint density at radius 2 is 2.00 bits per heavy atom. The SMILES string of the molecule is C/N=C(C1=C(C)CC(F)CC1)/C(C)=C/c1ccc(C)cc1C. The summed E-state index contributed by atoms with van der Waals surface area (Å²) in [6, 6.07) is 6.48. The number of allylic oxidation sites excluding steroid dienone is 3. The first-order valence-electron chi connectivity index (χ1n) is 7.98. The summed E-state index contributed by atoms with van der Waals surface area (Å²) < 4.78 is 13.5. The van der Waals surface area contributed by atoms with E-state index in [2.05, 4.69) is 50.0 Å². The van der Waals surface area contributed by atoms with Gasteiger partial charge >= 0.3 is 0 Å². The number of aryl methyl sites for hydroxylation is 2. The van der Waals surface area contributed by atoms with Crippen molar-refractivity contribution >= 4 is 11.8 Å². The van der Waals surface area contributed by atoms with Gasteiger partial charge in [-0.05, 0) is 75.3 Å². The fourth-order valence-electron chi connectivity index (χ4n) is 3.23. The molecule has 2 heteroatoms. The van der Waals surface area contributed by atoms with E-state index >= 15 is 0 Å². The lowest BCUT2D eigenvalue weighted by Gasteiger charge is -2.22. The molecule has 0 fully saturated rings. The summed E-state index contributed by atoms with van der Waals surface area (Å²) in [4.78, 5) is 4.50. The predicted octanol–water partition coefficient (Wildman–Crippen LogP) is 5.62. The lowest BCUT2D eigenvalue weighted by molar-refractivity contribution is 0.303. The largest absolute Gasteiger partial charge is 0.288 e. The molecule has 0 aromatic heterocycles. The van der Waals surface area contributed by atoms with E-state index in [4.69, 9.17) is 0 Å². The van der Waals surface area contributed by atoms with E-state index in [1.54, 1.807) is 0 Å². The summed E-state index contributed by atoms with van der Waals surface area (Å²) in [6.45, 7) is 8.38. The summed E-state index contributed by atoms with van der Waals surface area (Å²) in [7, 11) is 1.83. The van der Waals surface area contributed by atoms with Crippen molar-refractivity contribution in [1.29, 1.82) is 0 Å². The molecule has 0 saturated heterocycles. The molecule has 0 radical (unpaired) electrons. The van der Waals surface area contributed by atoms with Gasteiger partial charge in [-0.1, -0.05) is 29.3 Å². The minimum atomic E-state index is -0.689. The second kappa shape index (κ2) is 7.04. The number of alkyl halides is 1. The molecule has 118 valence electrons. The van der Waals surface area contributed by atoms with Crippen LogP contribution in [0, 0.1) is 13.8 Å². The highest BCUT2D eigenvalue weighted by atomic mass is 19.1. The fourth-order valence-corrected chi connectivity index (χ4v) is 3.23. The van der Waals surface area contributed by atoms with Crippen molar-refractivity contribution < 1.29 is 4.39 Å². The molecule has 1 aliphatic rings. The number of nitrogens with zero attached hydrogens (tertiary/aromatic N) is 1. The van der Waals surface area contributed by atoms with Crippen molar-refractivity contribution in [3.63, 3.8) is 0 Å². The highest BCUT2D eigenvalue weighted by Gasteiger charge is 2.21. The smallest absolute Gasteiger partial charge is 0.104 e. The molecule has 0 bridgehead atoms. The van der Waals surface area contributed by atoms with Crippen LogP contribution in [0.4, 0.5) is 4.39 Å². The van der Waals surface area contributed by atoms with Crippen LogP contribution in [0.1, 0.15) is 49.8 Å². The van der Waals surface area contributed by atoms with Crippen molar-refractivity contribution in [1.82, 2.24) is 0 Å². The maximum absolute atomic E-state index is 13.5. The molecule has 1 atom stereocenters. The van der Waals surface area contributed by atoms with Gasteiger partial charge in [0.05, 0.1) is 5.71 Å². The molecule has 22 heavy (non-hydrogen) atoms. The van der Waals surface area contributed by atoms with Gasteiger partial charge < -0.3 is 0 Å². The van der Waals surface area contributed by atoms with Gasteiger partial charge in [0, 0.05) is 7.05 Å². The molecular formula is C20H26FN. The minimum Gasteiger partial charge on any atom is -0.288 e. The molecule has 1 aliphatic carbocycles. The zero-order chi connectivity index (χ0) is 16.3. The van der Waals surface area contributed by atoms with Crippen LogP contribution in [0.5, 0.6) is 0 Å². The number of halogens is 1. The van der Waals surface area contributed by atoms with Crippen LogP contribution in [0.25, 0.3) is 6.08 Å². The van der Waals surface area contributed by atoms with Gasteiger partial charge in [0.1, 0.15) is 6.17 Å². The Morgan fingerprint density at radius 3 is 2.59 bits per heavy atom. The summed E-state index contributed by atoms with van der Waals surface area (Å²) in [5.74, 6) is 0. The molecule has 0 saturated carbocycles. The molecule has 0 amide bonds. The van der Waals surface area contributed by atoms with E-state index < -0.39 is 6.17 Å². The lowest BCUT2D eigenvalue weighted by Crippen LogP contribution is -2.16. The number of rotatable bonds is 3. The first kappa shape index (κ1) is 16.7. The Balaban J connectivity index is 2.35. The molecule has 0 spiro atoms. The number of aliphatic imine (C=N–C) groups is 1. The van der Waals surface area contributed by atoms with E-state index in [0.29, 0.717) is 12.8 Å². The zero-order valence-electron chi connectivity index (χ0n) is 14.3. The first-order chi connectivity index (χ1) is 10.4. The van der Waals surface area contributed by atoms with E-state index in [0.717, 1.165) is 23.3 Å².